The number of rotatable bonds is 6. The van der Waals surface area contributed by atoms with Crippen LogP contribution in [-0.2, 0) is 6.42 Å². The Balaban J connectivity index is 1.71. The van der Waals surface area contributed by atoms with E-state index in [1.165, 1.54) is 11.9 Å². The highest BCUT2D eigenvalue weighted by Gasteiger charge is 2.14. The molecular weight excluding hydrogens is 288 g/mol. The lowest BCUT2D eigenvalue weighted by atomic mass is 10.0. The summed E-state index contributed by atoms with van der Waals surface area (Å²) in [6.07, 6.45) is 2.28. The highest BCUT2D eigenvalue weighted by Crippen LogP contribution is 2.22. The quantitative estimate of drug-likeness (QED) is 0.726. The maximum Gasteiger partial charge on any atom is 0.263 e. The number of hydrogen-bond acceptors (Lipinski definition) is 7. The van der Waals surface area contributed by atoms with E-state index in [9.17, 15) is 5.11 Å². The maximum atomic E-state index is 9.53. The maximum absolute atomic E-state index is 9.53. The van der Waals surface area contributed by atoms with E-state index >= 15 is 0 Å². The van der Waals surface area contributed by atoms with E-state index in [1.807, 2.05) is 12.3 Å². The van der Waals surface area contributed by atoms with Gasteiger partial charge in [0, 0.05) is 19.1 Å². The molecule has 3 heterocycles. The third-order valence-corrected chi connectivity index (χ3v) is 4.10. The lowest BCUT2D eigenvalue weighted by molar-refractivity contribution is 0.232. The summed E-state index contributed by atoms with van der Waals surface area (Å²) in [6.45, 7) is 2.61. The van der Waals surface area contributed by atoms with Crippen LogP contribution in [-0.4, -0.2) is 33.4 Å². The normalized spacial score (nSPS) is 12.7. The first-order valence-corrected chi connectivity index (χ1v) is 7.65. The summed E-state index contributed by atoms with van der Waals surface area (Å²) in [4.78, 5) is 8.28. The number of nitrogens with one attached hydrogen (secondary N) is 1. The van der Waals surface area contributed by atoms with Crippen molar-refractivity contribution >= 4 is 28.3 Å². The molecule has 0 aromatic carbocycles. The monoisotopic (exact) mass is 304 g/mol. The number of aromatic nitrogens is 3. The smallest absolute Gasteiger partial charge is 0.263 e. The number of thiophene rings is 1. The number of fused-ring (bicyclic) bond motifs is 1. The van der Waals surface area contributed by atoms with Gasteiger partial charge >= 0.3 is 0 Å². The second kappa shape index (κ2) is 6.19. The van der Waals surface area contributed by atoms with Crippen LogP contribution in [0.25, 0.3) is 11.1 Å². The number of aliphatic hydroxyl groups excluding tert-OH is 1. The average molecular weight is 304 g/mol. The van der Waals surface area contributed by atoms with Crippen LogP contribution in [0.2, 0.25) is 0 Å². The summed E-state index contributed by atoms with van der Waals surface area (Å²) in [6, 6.07) is 2.08. The molecule has 2 N–H and O–H groups in total. The van der Waals surface area contributed by atoms with Crippen LogP contribution in [0.4, 0.5) is 5.82 Å². The molecule has 0 fully saturated rings. The standard InChI is InChI=1S/C14H16N4O2S/c1-9-12-13(16-8-17-14(12)20-18-9)15-5-11(6-19)4-10-2-3-21-7-10/h2-3,7-8,11,19H,4-6H2,1H3,(H,15,16,17)/t11-/m0/s1. The molecule has 0 spiro atoms. The summed E-state index contributed by atoms with van der Waals surface area (Å²) in [5, 5.41) is 21.6. The number of aryl methyl sites for hydroxylation is 1. The molecule has 0 saturated heterocycles. The largest absolute Gasteiger partial charge is 0.396 e. The topological polar surface area (TPSA) is 84.1 Å². The first-order chi connectivity index (χ1) is 10.3. The summed E-state index contributed by atoms with van der Waals surface area (Å²) in [5.74, 6) is 0.826. The third-order valence-electron chi connectivity index (χ3n) is 3.36. The van der Waals surface area contributed by atoms with Crippen LogP contribution in [0.5, 0.6) is 0 Å². The van der Waals surface area contributed by atoms with Crippen molar-refractivity contribution in [1.82, 2.24) is 15.1 Å². The lowest BCUT2D eigenvalue weighted by Crippen LogP contribution is -2.20. The van der Waals surface area contributed by atoms with Crippen LogP contribution < -0.4 is 5.32 Å². The fourth-order valence-corrected chi connectivity index (χ4v) is 2.92. The first kappa shape index (κ1) is 14.0. The van der Waals surface area contributed by atoms with E-state index in [1.54, 1.807) is 11.3 Å². The number of aliphatic hydroxyl groups is 1. The molecule has 3 aromatic heterocycles. The van der Waals surface area contributed by atoms with E-state index in [0.717, 1.165) is 17.5 Å². The highest BCUT2D eigenvalue weighted by atomic mass is 32.1. The Morgan fingerprint density at radius 3 is 3.10 bits per heavy atom. The molecule has 0 bridgehead atoms. The Hall–Kier alpha value is -1.99. The van der Waals surface area contributed by atoms with Crippen molar-refractivity contribution < 1.29 is 9.63 Å². The second-order valence-corrected chi connectivity index (χ2v) is 5.72. The zero-order chi connectivity index (χ0) is 14.7. The fourth-order valence-electron chi connectivity index (χ4n) is 2.24. The SMILES string of the molecule is Cc1noc2ncnc(NC[C@@H](CO)Cc3ccsc3)c12. The van der Waals surface area contributed by atoms with Crippen molar-refractivity contribution in [3.05, 3.63) is 34.4 Å². The van der Waals surface area contributed by atoms with Gasteiger partial charge in [-0.1, -0.05) is 5.16 Å². The summed E-state index contributed by atoms with van der Waals surface area (Å²) >= 11 is 1.67. The molecule has 0 radical (unpaired) electrons. The van der Waals surface area contributed by atoms with E-state index < -0.39 is 0 Å². The third kappa shape index (κ3) is 3.03. The second-order valence-electron chi connectivity index (χ2n) is 4.94. The molecular formula is C14H16N4O2S. The minimum absolute atomic E-state index is 0.125. The zero-order valence-electron chi connectivity index (χ0n) is 11.6. The molecule has 7 heteroatoms. The number of anilines is 1. The Kier molecular flexibility index (Phi) is 4.12. The van der Waals surface area contributed by atoms with Gasteiger partial charge in [0.25, 0.3) is 5.71 Å². The lowest BCUT2D eigenvalue weighted by Gasteiger charge is -2.15. The van der Waals surface area contributed by atoms with Gasteiger partial charge in [0.1, 0.15) is 17.5 Å². The van der Waals surface area contributed by atoms with Crippen LogP contribution in [0.1, 0.15) is 11.3 Å². The van der Waals surface area contributed by atoms with E-state index in [2.05, 4.69) is 31.9 Å². The highest BCUT2D eigenvalue weighted by molar-refractivity contribution is 7.07. The van der Waals surface area contributed by atoms with E-state index in [0.29, 0.717) is 18.1 Å². The van der Waals surface area contributed by atoms with Gasteiger partial charge in [-0.2, -0.15) is 16.3 Å². The van der Waals surface area contributed by atoms with Gasteiger partial charge < -0.3 is 14.9 Å². The van der Waals surface area contributed by atoms with Crippen LogP contribution in [0.3, 0.4) is 0 Å². The van der Waals surface area contributed by atoms with Crippen molar-refractivity contribution in [3.8, 4) is 0 Å². The van der Waals surface area contributed by atoms with Gasteiger partial charge in [-0.05, 0) is 35.7 Å². The molecule has 1 atom stereocenters. The zero-order valence-corrected chi connectivity index (χ0v) is 12.4. The van der Waals surface area contributed by atoms with E-state index in [4.69, 9.17) is 4.52 Å². The van der Waals surface area contributed by atoms with Crippen molar-refractivity contribution in [3.63, 3.8) is 0 Å². The molecule has 0 saturated carbocycles. The minimum atomic E-state index is 0.125. The van der Waals surface area contributed by atoms with Crippen molar-refractivity contribution in [2.75, 3.05) is 18.5 Å². The van der Waals surface area contributed by atoms with Gasteiger partial charge in [0.2, 0.25) is 0 Å². The van der Waals surface area contributed by atoms with Crippen LogP contribution >= 0.6 is 11.3 Å². The molecule has 0 aliphatic heterocycles. The van der Waals surface area contributed by atoms with Crippen LogP contribution in [0, 0.1) is 12.8 Å². The molecule has 3 aromatic rings. The fraction of sp³-hybridized carbons (Fsp3) is 0.357. The Bertz CT molecular complexity index is 711. The number of nitrogens with zero attached hydrogens (tertiary/aromatic N) is 3. The molecule has 3 rings (SSSR count). The van der Waals surface area contributed by atoms with Crippen molar-refractivity contribution in [2.24, 2.45) is 5.92 Å². The molecule has 0 aliphatic carbocycles. The minimum Gasteiger partial charge on any atom is -0.396 e. The Morgan fingerprint density at radius 1 is 1.43 bits per heavy atom. The van der Waals surface area contributed by atoms with Gasteiger partial charge in [0.05, 0.1) is 5.69 Å². The molecule has 6 nitrogen and oxygen atoms in total. The van der Waals surface area contributed by atoms with Crippen LogP contribution in [0.15, 0.2) is 27.7 Å². The van der Waals surface area contributed by atoms with Crippen molar-refractivity contribution in [1.29, 1.82) is 0 Å². The predicted molar refractivity (Wildman–Crippen MR) is 81.4 cm³/mol. The van der Waals surface area contributed by atoms with Crippen molar-refractivity contribution in [2.45, 2.75) is 13.3 Å². The van der Waals surface area contributed by atoms with Gasteiger partial charge in [-0.15, -0.1) is 0 Å². The van der Waals surface area contributed by atoms with Gasteiger partial charge in [-0.3, -0.25) is 0 Å². The molecule has 110 valence electrons. The summed E-state index contributed by atoms with van der Waals surface area (Å²) in [5.41, 5.74) is 2.48. The van der Waals surface area contributed by atoms with Gasteiger partial charge in [0.15, 0.2) is 0 Å². The first-order valence-electron chi connectivity index (χ1n) is 6.70. The average Bonchev–Trinajstić information content (AvgIpc) is 3.14. The number of hydrogen-bond donors (Lipinski definition) is 2. The molecule has 0 aliphatic rings. The molecule has 0 unspecified atom stereocenters. The summed E-state index contributed by atoms with van der Waals surface area (Å²) in [7, 11) is 0. The Labute approximate surface area is 125 Å². The Morgan fingerprint density at radius 2 is 2.33 bits per heavy atom. The molecule has 0 amide bonds. The predicted octanol–water partition coefficient (Wildman–Crippen LogP) is 2.25. The van der Waals surface area contributed by atoms with Gasteiger partial charge in [-0.25, -0.2) is 4.98 Å². The molecule has 21 heavy (non-hydrogen) atoms. The summed E-state index contributed by atoms with van der Waals surface area (Å²) < 4.78 is 5.12. The van der Waals surface area contributed by atoms with E-state index in [-0.39, 0.29) is 12.5 Å².